The fourth-order valence-corrected chi connectivity index (χ4v) is 9.61. The van der Waals surface area contributed by atoms with Crippen LogP contribution in [-0.2, 0) is 29.1 Å². The van der Waals surface area contributed by atoms with E-state index in [2.05, 4.69) is 37.0 Å². The van der Waals surface area contributed by atoms with Gasteiger partial charge in [0.1, 0.15) is 33.7 Å². The third-order valence-electron chi connectivity index (χ3n) is 10.5. The van der Waals surface area contributed by atoms with Crippen LogP contribution in [0.1, 0.15) is 71.8 Å². The molecule has 54 heavy (non-hydrogen) atoms. The second-order valence-electron chi connectivity index (χ2n) is 15.3. The highest BCUT2D eigenvalue weighted by Gasteiger charge is 2.62. The Balaban J connectivity index is 1.23. The van der Waals surface area contributed by atoms with E-state index >= 15 is 0 Å². The van der Waals surface area contributed by atoms with Crippen molar-refractivity contribution in [3.05, 3.63) is 52.4 Å². The van der Waals surface area contributed by atoms with Crippen LogP contribution in [0.2, 0.25) is 0 Å². The molecule has 19 heteroatoms. The zero-order chi connectivity index (χ0) is 38.6. The van der Waals surface area contributed by atoms with Crippen molar-refractivity contribution in [2.45, 2.75) is 101 Å². The lowest BCUT2D eigenvalue weighted by atomic mass is 9.85. The van der Waals surface area contributed by atoms with Gasteiger partial charge in [-0.05, 0) is 43.9 Å². The molecule has 288 valence electrons. The van der Waals surface area contributed by atoms with Crippen molar-refractivity contribution >= 4 is 56.5 Å². The third kappa shape index (κ3) is 7.32. The number of ether oxygens (including phenoxy) is 1. The summed E-state index contributed by atoms with van der Waals surface area (Å²) in [6.07, 6.45) is 8.49. The summed E-state index contributed by atoms with van der Waals surface area (Å²) in [5, 5.41) is 13.9. The van der Waals surface area contributed by atoms with Crippen LogP contribution in [0.5, 0.6) is 0 Å². The van der Waals surface area contributed by atoms with Gasteiger partial charge in [-0.15, -0.1) is 29.3 Å². The summed E-state index contributed by atoms with van der Waals surface area (Å²) < 4.78 is 34.4. The fraction of sp³-hybridized carbons (Fsp3) is 0.543. The van der Waals surface area contributed by atoms with Gasteiger partial charge in [-0.2, -0.15) is 5.10 Å². The van der Waals surface area contributed by atoms with Crippen molar-refractivity contribution in [1.82, 2.24) is 40.0 Å². The second kappa shape index (κ2) is 14.3. The molecule has 4 fully saturated rings. The molecule has 1 saturated heterocycles. The lowest BCUT2D eigenvalue weighted by molar-refractivity contribution is -0.142. The quantitative estimate of drug-likeness (QED) is 0.227. The van der Waals surface area contributed by atoms with E-state index in [4.69, 9.17) is 4.74 Å². The number of likely N-dealkylation sites (tertiary alicyclic amines) is 1. The average Bonchev–Trinajstić information content (AvgIpc) is 3.82. The van der Waals surface area contributed by atoms with Gasteiger partial charge in [-0.3, -0.25) is 23.9 Å². The van der Waals surface area contributed by atoms with Crippen LogP contribution in [0, 0.1) is 11.3 Å². The number of nitrogens with one attached hydrogen (secondary N) is 3. The minimum atomic E-state index is -3.93. The molecule has 3 saturated carbocycles. The first-order chi connectivity index (χ1) is 25.6. The lowest BCUT2D eigenvalue weighted by Crippen LogP contribution is -2.60. The molecule has 0 radical (unpaired) electrons. The van der Waals surface area contributed by atoms with Gasteiger partial charge in [0.15, 0.2) is 0 Å². The summed E-state index contributed by atoms with van der Waals surface area (Å²) in [5.41, 5.74) is -2.19. The standard InChI is InChI=1S/C35H42N8O8S3/c1-5-19-16-35(19,32(47)41-54(49,50)22-9-10-22)40-27(44)24-15-20(18-42(24)31(46)26(34(2,3)4)39-33(48)51-21-7-6-8-21)43-30(45)25(29-37-12-14-53-29)23(17-38-43)28-36-11-13-52-28/h5,11-14,17,19-22,24,26H,1,6-10,15-16,18H2,2-4H3,(H,39,48)(H,40,44)(H,41,47)/t19-,20-,24+,26-,35-/m1/s1. The van der Waals surface area contributed by atoms with Gasteiger partial charge >= 0.3 is 6.09 Å². The van der Waals surface area contributed by atoms with E-state index in [-0.39, 0.29) is 31.1 Å². The van der Waals surface area contributed by atoms with E-state index in [1.54, 1.807) is 43.9 Å². The highest BCUT2D eigenvalue weighted by molar-refractivity contribution is 7.91. The molecular formula is C35H42N8O8S3. The predicted molar refractivity (Wildman–Crippen MR) is 200 cm³/mol. The molecule has 7 rings (SSSR count). The largest absolute Gasteiger partial charge is 0.446 e. The van der Waals surface area contributed by atoms with E-state index in [0.29, 0.717) is 28.4 Å². The molecule has 0 aromatic carbocycles. The zero-order valence-electron chi connectivity index (χ0n) is 30.0. The van der Waals surface area contributed by atoms with Gasteiger partial charge in [0.25, 0.3) is 11.5 Å². The molecule has 4 amide bonds. The van der Waals surface area contributed by atoms with Gasteiger partial charge in [0.2, 0.25) is 21.8 Å². The maximum Gasteiger partial charge on any atom is 0.408 e. The summed E-state index contributed by atoms with van der Waals surface area (Å²) in [4.78, 5) is 80.0. The SMILES string of the molecule is C=C[C@@H]1C[C@]1(NC(=O)[C@@H]1C[C@@H](n2ncc(-c3nccs3)c(-c3nccs3)c2=O)CN1C(=O)[C@@H](NC(=O)OC1CCC1)C(C)(C)C)C(=O)NS(=O)(=O)C1CC1. The Labute approximate surface area is 319 Å². The first-order valence-electron chi connectivity index (χ1n) is 17.8. The Morgan fingerprint density at radius 1 is 1.07 bits per heavy atom. The maximum absolute atomic E-state index is 14.6. The van der Waals surface area contributed by atoms with E-state index in [1.807, 2.05) is 0 Å². The maximum atomic E-state index is 14.6. The predicted octanol–water partition coefficient (Wildman–Crippen LogP) is 3.00. The molecule has 4 aliphatic rings. The average molecular weight is 799 g/mol. The number of sulfonamides is 1. The summed E-state index contributed by atoms with van der Waals surface area (Å²) in [5.74, 6) is -2.77. The van der Waals surface area contributed by atoms with Crippen molar-refractivity contribution < 1.29 is 32.3 Å². The monoisotopic (exact) mass is 798 g/mol. The van der Waals surface area contributed by atoms with E-state index in [1.165, 1.54) is 44.5 Å². The molecule has 0 spiro atoms. The molecule has 3 aromatic heterocycles. The number of carbonyl (C=O) groups is 4. The summed E-state index contributed by atoms with van der Waals surface area (Å²) >= 11 is 2.60. The number of carbonyl (C=O) groups excluding carboxylic acids is 4. The summed E-state index contributed by atoms with van der Waals surface area (Å²) in [6, 6.07) is -3.22. The number of thiazole rings is 2. The molecular weight excluding hydrogens is 757 g/mol. The van der Waals surface area contributed by atoms with Crippen molar-refractivity contribution in [1.29, 1.82) is 0 Å². The number of aromatic nitrogens is 4. The summed E-state index contributed by atoms with van der Waals surface area (Å²) in [7, 11) is -3.93. The first kappa shape index (κ1) is 37.8. The van der Waals surface area contributed by atoms with Crippen LogP contribution in [0.15, 0.2) is 46.8 Å². The topological polar surface area (TPSA) is 212 Å². The first-order valence-corrected chi connectivity index (χ1v) is 21.1. The van der Waals surface area contributed by atoms with Crippen molar-refractivity contribution in [3.63, 3.8) is 0 Å². The molecule has 3 aromatic rings. The molecule has 0 unspecified atom stereocenters. The van der Waals surface area contributed by atoms with Crippen LogP contribution in [0.4, 0.5) is 4.79 Å². The molecule has 3 N–H and O–H groups in total. The summed E-state index contributed by atoms with van der Waals surface area (Å²) in [6.45, 7) is 8.92. The van der Waals surface area contributed by atoms with Crippen molar-refractivity contribution in [3.8, 4) is 21.1 Å². The van der Waals surface area contributed by atoms with E-state index in [0.717, 1.165) is 19.3 Å². The highest BCUT2D eigenvalue weighted by Crippen LogP contribution is 2.46. The highest BCUT2D eigenvalue weighted by atomic mass is 32.2. The number of hydrogen-bond donors (Lipinski definition) is 3. The van der Waals surface area contributed by atoms with Crippen molar-refractivity contribution in [2.24, 2.45) is 11.3 Å². The molecule has 16 nitrogen and oxygen atoms in total. The van der Waals surface area contributed by atoms with Crippen molar-refractivity contribution in [2.75, 3.05) is 6.54 Å². The van der Waals surface area contributed by atoms with Gasteiger partial charge in [-0.25, -0.2) is 27.9 Å². The Morgan fingerprint density at radius 2 is 1.76 bits per heavy atom. The number of alkyl carbamates (subject to hydrolysis) is 1. The zero-order valence-corrected chi connectivity index (χ0v) is 32.5. The van der Waals surface area contributed by atoms with Crippen LogP contribution < -0.4 is 20.9 Å². The van der Waals surface area contributed by atoms with E-state index < -0.39 is 79.6 Å². The fourth-order valence-electron chi connectivity index (χ4n) is 6.91. The molecule has 0 bridgehead atoms. The molecule has 5 atom stereocenters. The lowest BCUT2D eigenvalue weighted by Gasteiger charge is -2.36. The van der Waals surface area contributed by atoms with Gasteiger partial charge in [0.05, 0.1) is 23.1 Å². The minimum Gasteiger partial charge on any atom is -0.446 e. The van der Waals surface area contributed by atoms with Crippen LogP contribution in [-0.4, -0.2) is 92.4 Å². The number of rotatable bonds is 12. The Bertz CT molecular complexity index is 2120. The minimum absolute atomic E-state index is 0.0847. The molecule has 3 aliphatic carbocycles. The van der Waals surface area contributed by atoms with Crippen LogP contribution in [0.3, 0.4) is 0 Å². The van der Waals surface area contributed by atoms with E-state index in [9.17, 15) is 32.4 Å². The Hall–Kier alpha value is -4.49. The van der Waals surface area contributed by atoms with Gasteiger partial charge in [0, 0.05) is 47.6 Å². The Morgan fingerprint density at radius 3 is 2.31 bits per heavy atom. The normalized spacial score (nSPS) is 24.6. The number of nitrogens with zero attached hydrogens (tertiary/aromatic N) is 5. The van der Waals surface area contributed by atoms with Crippen LogP contribution >= 0.6 is 22.7 Å². The third-order valence-corrected chi connectivity index (χ3v) is 13.9. The number of hydrogen-bond acceptors (Lipinski definition) is 13. The smallest absolute Gasteiger partial charge is 0.408 e. The number of amides is 4. The second-order valence-corrected chi connectivity index (χ2v) is 19.1. The van der Waals surface area contributed by atoms with Gasteiger partial charge in [-0.1, -0.05) is 26.8 Å². The molecule has 4 heterocycles. The Kier molecular flexibility index (Phi) is 10.0. The van der Waals surface area contributed by atoms with Gasteiger partial charge < -0.3 is 20.3 Å². The van der Waals surface area contributed by atoms with Crippen LogP contribution in [0.25, 0.3) is 21.1 Å². The molecule has 1 aliphatic heterocycles.